The summed E-state index contributed by atoms with van der Waals surface area (Å²) in [6.45, 7) is 25.1. The Bertz CT molecular complexity index is 1650. The second-order valence-corrected chi connectivity index (χ2v) is 20.9. The summed E-state index contributed by atoms with van der Waals surface area (Å²) in [5.41, 5.74) is 6.55. The maximum Gasteiger partial charge on any atom is 0.457 e. The van der Waals surface area contributed by atoms with Crippen molar-refractivity contribution < 1.29 is 34.1 Å². The number of carboxylic acids is 1. The van der Waals surface area contributed by atoms with Gasteiger partial charge in [0.25, 0.3) is 0 Å². The molecule has 4 atom stereocenters. The van der Waals surface area contributed by atoms with Gasteiger partial charge in [-0.05, 0) is 163 Å². The number of nitrogens with zero attached hydrogens (tertiary/aromatic N) is 2. The molecule has 5 rings (SSSR count). The van der Waals surface area contributed by atoms with Gasteiger partial charge in [-0.2, -0.15) is 0 Å². The number of piperidine rings is 2. The van der Waals surface area contributed by atoms with Crippen LogP contribution in [-0.4, -0.2) is 99.5 Å². The number of unbranched alkanes of at least 4 members (excludes halogenated alkanes) is 2. The number of carbonyl (C=O) groups is 2. The molecule has 0 bridgehead atoms. The van der Waals surface area contributed by atoms with Crippen molar-refractivity contribution in [1.29, 1.82) is 0 Å². The second-order valence-electron chi connectivity index (χ2n) is 20.9. The Balaban J connectivity index is 0.000000287. The molecule has 62 heavy (non-hydrogen) atoms. The predicted octanol–water partition coefficient (Wildman–Crippen LogP) is 8.53. The molecule has 0 aromatic heterocycles. The lowest BCUT2D eigenvalue weighted by Gasteiger charge is -2.44. The minimum absolute atomic E-state index is 0.0572. The number of rotatable bonds is 18. The fourth-order valence-electron chi connectivity index (χ4n) is 9.71. The molecule has 2 aromatic rings. The van der Waals surface area contributed by atoms with Crippen LogP contribution in [0.2, 0.25) is 12.6 Å². The van der Waals surface area contributed by atoms with E-state index in [4.69, 9.17) is 25.1 Å². The average Bonchev–Trinajstić information content (AvgIpc) is 3.45. The van der Waals surface area contributed by atoms with Gasteiger partial charge in [-0.1, -0.05) is 93.3 Å². The van der Waals surface area contributed by atoms with Crippen molar-refractivity contribution in [3.8, 4) is 0 Å². The van der Waals surface area contributed by atoms with Crippen LogP contribution in [0.25, 0.3) is 0 Å². The third kappa shape index (κ3) is 14.1. The summed E-state index contributed by atoms with van der Waals surface area (Å²) in [6, 6.07) is 21.8. The van der Waals surface area contributed by atoms with Gasteiger partial charge in [0.1, 0.15) is 5.54 Å². The summed E-state index contributed by atoms with van der Waals surface area (Å²) in [4.78, 5) is 30.5. The molecule has 346 valence electrons. The maximum absolute atomic E-state index is 13.7. The molecular formula is C49H82B2N4O7. The quantitative estimate of drug-likeness (QED) is 0.0727. The first-order valence-electron chi connectivity index (χ1n) is 23.6. The largest absolute Gasteiger partial charge is 0.480 e. The van der Waals surface area contributed by atoms with Crippen molar-refractivity contribution in [3.63, 3.8) is 0 Å². The summed E-state index contributed by atoms with van der Waals surface area (Å²) in [5, 5.41) is 30.9. The number of carboxylic acid groups (broad SMARTS) is 1. The zero-order chi connectivity index (χ0) is 45.9. The third-order valence-corrected chi connectivity index (χ3v) is 14.7. The first-order valence-corrected chi connectivity index (χ1v) is 23.6. The highest BCUT2D eigenvalue weighted by atomic mass is 16.7. The summed E-state index contributed by atoms with van der Waals surface area (Å²) >= 11 is 0. The lowest BCUT2D eigenvalue weighted by molar-refractivity contribution is -0.147. The molecule has 0 aliphatic carbocycles. The molecular weight excluding hydrogens is 778 g/mol. The van der Waals surface area contributed by atoms with E-state index in [1.165, 1.54) is 11.1 Å². The normalized spacial score (nSPS) is 21.8. The first-order chi connectivity index (χ1) is 29.0. The highest BCUT2D eigenvalue weighted by Gasteiger charge is 2.51. The third-order valence-electron chi connectivity index (χ3n) is 14.7. The number of aliphatic carboxylic acids is 1. The van der Waals surface area contributed by atoms with Gasteiger partial charge in [-0.15, -0.1) is 0 Å². The average molecular weight is 861 g/mol. The molecule has 11 nitrogen and oxygen atoms in total. The Morgan fingerprint density at radius 1 is 0.758 bits per heavy atom. The van der Waals surface area contributed by atoms with Crippen LogP contribution in [0.1, 0.15) is 157 Å². The fraction of sp³-hybridized carbons (Fsp3) is 0.714. The van der Waals surface area contributed by atoms with E-state index in [0.717, 1.165) is 77.4 Å². The number of nitrogens with one attached hydrogen (secondary N) is 1. The van der Waals surface area contributed by atoms with Crippen LogP contribution >= 0.6 is 0 Å². The van der Waals surface area contributed by atoms with Crippen molar-refractivity contribution in [1.82, 2.24) is 15.1 Å². The van der Waals surface area contributed by atoms with E-state index in [9.17, 15) is 14.7 Å². The van der Waals surface area contributed by atoms with Crippen LogP contribution < -0.4 is 11.1 Å². The molecule has 4 unspecified atom stereocenters. The SMILES string of the molecule is CC(c1ccccc1)N1CCC(C(C)(CCCCB2OC(C)(C)C(C)(C)O2)C(=O)NC(C)(C)C)CC1.CC(c1ccccc1)N1CCC(C(N)(CCCCB(O)O)C(=O)O)CC1. The summed E-state index contributed by atoms with van der Waals surface area (Å²) < 4.78 is 12.4. The van der Waals surface area contributed by atoms with Gasteiger partial charge >= 0.3 is 20.2 Å². The molecule has 1 amide bonds. The molecule has 3 heterocycles. The van der Waals surface area contributed by atoms with Gasteiger partial charge in [-0.25, -0.2) is 0 Å². The van der Waals surface area contributed by atoms with E-state index in [-0.39, 0.29) is 47.4 Å². The van der Waals surface area contributed by atoms with Gasteiger partial charge in [0.15, 0.2) is 0 Å². The van der Waals surface area contributed by atoms with Crippen LogP contribution in [0.3, 0.4) is 0 Å². The van der Waals surface area contributed by atoms with E-state index in [2.05, 4.69) is 127 Å². The smallest absolute Gasteiger partial charge is 0.457 e. The van der Waals surface area contributed by atoms with Gasteiger partial charge in [0, 0.05) is 23.0 Å². The highest BCUT2D eigenvalue weighted by Crippen LogP contribution is 2.43. The number of benzene rings is 2. The van der Waals surface area contributed by atoms with E-state index in [1.54, 1.807) is 0 Å². The second kappa shape index (κ2) is 22.4. The van der Waals surface area contributed by atoms with Crippen molar-refractivity contribution >= 4 is 26.1 Å². The zero-order valence-electron chi connectivity index (χ0n) is 40.0. The van der Waals surface area contributed by atoms with Gasteiger partial charge < -0.3 is 35.5 Å². The Labute approximate surface area is 375 Å². The lowest BCUT2D eigenvalue weighted by Crippen LogP contribution is -2.57. The van der Waals surface area contributed by atoms with Gasteiger partial charge in [-0.3, -0.25) is 19.4 Å². The number of hydrogen-bond acceptors (Lipinski definition) is 9. The lowest BCUT2D eigenvalue weighted by atomic mass is 9.67. The minimum Gasteiger partial charge on any atom is -0.480 e. The number of likely N-dealkylation sites (tertiary alicyclic amines) is 2. The Kier molecular flexibility index (Phi) is 18.8. The van der Waals surface area contributed by atoms with E-state index in [1.807, 2.05) is 18.2 Å². The molecule has 3 fully saturated rings. The number of hydrogen-bond donors (Lipinski definition) is 5. The first kappa shape index (κ1) is 51.9. The molecule has 0 radical (unpaired) electrons. The summed E-state index contributed by atoms with van der Waals surface area (Å²) in [7, 11) is -1.50. The number of carbonyl (C=O) groups excluding carboxylic acids is 1. The van der Waals surface area contributed by atoms with Crippen LogP contribution in [0.5, 0.6) is 0 Å². The van der Waals surface area contributed by atoms with Crippen molar-refractivity contribution in [2.75, 3.05) is 26.2 Å². The fourth-order valence-corrected chi connectivity index (χ4v) is 9.71. The predicted molar refractivity (Wildman–Crippen MR) is 252 cm³/mol. The summed E-state index contributed by atoms with van der Waals surface area (Å²) in [5.74, 6) is -0.411. The molecule has 3 aliphatic rings. The molecule has 0 saturated carbocycles. The van der Waals surface area contributed by atoms with E-state index >= 15 is 0 Å². The summed E-state index contributed by atoms with van der Waals surface area (Å²) in [6.07, 6.45) is 9.18. The number of nitrogens with two attached hydrogens (primary N) is 1. The Morgan fingerprint density at radius 3 is 1.61 bits per heavy atom. The Morgan fingerprint density at radius 2 is 1.19 bits per heavy atom. The topological polar surface area (TPSA) is 158 Å². The van der Waals surface area contributed by atoms with Crippen LogP contribution in [0.15, 0.2) is 60.7 Å². The molecule has 13 heteroatoms. The van der Waals surface area contributed by atoms with Crippen molar-refractivity contribution in [2.24, 2.45) is 23.0 Å². The standard InChI is InChI=1S/C30H51BN2O3.C19H31BN2O4/c1-23(24-15-11-10-12-16-24)33-21-17-25(18-22-33)30(9,26(34)32-27(2,3)4)19-13-14-20-31-35-28(5,6)29(7,8)36-31;1-15(16-7-3-2-4-8-16)22-13-9-17(10-14-22)19(21,18(23)24)11-5-6-12-20(25)26/h10-12,15-16,23,25H,13-14,17-22H2,1-9H3,(H,32,34);2-4,7-8,15,17,25-26H,5-6,9-14,21H2,1H3,(H,23,24). The molecule has 2 aromatic carbocycles. The Hall–Kier alpha value is -2.77. The van der Waals surface area contributed by atoms with Crippen LogP contribution in [0.4, 0.5) is 0 Å². The van der Waals surface area contributed by atoms with Crippen LogP contribution in [-0.2, 0) is 18.9 Å². The van der Waals surface area contributed by atoms with E-state index < -0.39 is 18.6 Å². The number of amides is 1. The molecule has 0 spiro atoms. The monoisotopic (exact) mass is 861 g/mol. The van der Waals surface area contributed by atoms with Gasteiger partial charge in [0.2, 0.25) is 5.91 Å². The van der Waals surface area contributed by atoms with E-state index in [0.29, 0.717) is 37.3 Å². The highest BCUT2D eigenvalue weighted by molar-refractivity contribution is 6.45. The zero-order valence-corrected chi connectivity index (χ0v) is 40.0. The van der Waals surface area contributed by atoms with Crippen molar-refractivity contribution in [3.05, 3.63) is 71.8 Å². The van der Waals surface area contributed by atoms with Gasteiger partial charge in [0.05, 0.1) is 11.2 Å². The molecule has 3 saturated heterocycles. The van der Waals surface area contributed by atoms with Crippen molar-refractivity contribution in [2.45, 2.75) is 180 Å². The molecule has 3 aliphatic heterocycles. The van der Waals surface area contributed by atoms with Crippen LogP contribution in [0, 0.1) is 17.3 Å². The maximum atomic E-state index is 13.7. The minimum atomic E-state index is -1.34. The molecule has 6 N–H and O–H groups in total.